The SMILES string of the molecule is CCCCCCN(C(=O)[C@H](C(=O)N[C@H]1CCCCN1C)[C@@H](C)CC)[C@H](C[C@@H](OC(C)=O)c1nc(NC(=O)[C@@H](Cc2ccc(NCCN)cc2)CC(C)(C)C(=O)O)cs1)C(C)C. The third-order valence-electron chi connectivity index (χ3n) is 12.0. The molecular formula is C46H75N7O7S. The lowest BCUT2D eigenvalue weighted by Gasteiger charge is -2.40. The van der Waals surface area contributed by atoms with Crippen LogP contribution in [0.4, 0.5) is 11.5 Å². The molecule has 1 aromatic heterocycles. The molecule has 1 saturated heterocycles. The number of thiazole rings is 1. The molecule has 3 rings (SSSR count). The number of rotatable bonds is 26. The highest BCUT2D eigenvalue weighted by Crippen LogP contribution is 2.35. The molecule has 61 heavy (non-hydrogen) atoms. The largest absolute Gasteiger partial charge is 0.481 e. The summed E-state index contributed by atoms with van der Waals surface area (Å²) in [5.74, 6) is -3.95. The van der Waals surface area contributed by atoms with Crippen LogP contribution in [0.2, 0.25) is 0 Å². The third kappa shape index (κ3) is 16.0. The van der Waals surface area contributed by atoms with E-state index in [0.717, 1.165) is 62.7 Å². The van der Waals surface area contributed by atoms with Crippen LogP contribution < -0.4 is 21.7 Å². The number of piperidine rings is 1. The first kappa shape index (κ1) is 51.3. The van der Waals surface area contributed by atoms with Crippen molar-refractivity contribution in [1.82, 2.24) is 20.1 Å². The summed E-state index contributed by atoms with van der Waals surface area (Å²) in [7, 11) is 2.01. The number of esters is 1. The molecule has 0 unspecified atom stereocenters. The van der Waals surface area contributed by atoms with Crippen LogP contribution in [-0.4, -0.2) is 95.0 Å². The molecule has 3 amide bonds. The second-order valence-corrected chi connectivity index (χ2v) is 18.8. The molecule has 1 aromatic carbocycles. The minimum absolute atomic E-state index is 0.0682. The summed E-state index contributed by atoms with van der Waals surface area (Å²) in [6.07, 6.45) is 6.99. The van der Waals surface area contributed by atoms with Crippen LogP contribution in [0.5, 0.6) is 0 Å². The quantitative estimate of drug-likeness (QED) is 0.0358. The van der Waals surface area contributed by atoms with Crippen LogP contribution in [0.1, 0.15) is 136 Å². The Hall–Kier alpha value is -4.08. The summed E-state index contributed by atoms with van der Waals surface area (Å²) in [6.45, 7) is 17.2. The highest BCUT2D eigenvalue weighted by atomic mass is 32.1. The number of nitrogens with two attached hydrogens (primary N) is 1. The molecule has 1 fully saturated rings. The van der Waals surface area contributed by atoms with Crippen molar-refractivity contribution in [2.45, 2.75) is 144 Å². The van der Waals surface area contributed by atoms with Gasteiger partial charge < -0.3 is 36.4 Å². The highest BCUT2D eigenvalue weighted by molar-refractivity contribution is 7.10. The number of aromatic nitrogens is 1. The Morgan fingerprint density at radius 2 is 1.75 bits per heavy atom. The van der Waals surface area contributed by atoms with Gasteiger partial charge in [-0.05, 0) is 95.5 Å². The first-order chi connectivity index (χ1) is 28.9. The van der Waals surface area contributed by atoms with Gasteiger partial charge in [0, 0.05) is 56.0 Å². The molecule has 15 heteroatoms. The molecule has 1 aliphatic heterocycles. The Labute approximate surface area is 368 Å². The predicted octanol–water partition coefficient (Wildman–Crippen LogP) is 7.46. The summed E-state index contributed by atoms with van der Waals surface area (Å²) >= 11 is 1.24. The number of nitrogens with zero attached hydrogens (tertiary/aromatic N) is 3. The Balaban J connectivity index is 1.93. The predicted molar refractivity (Wildman–Crippen MR) is 243 cm³/mol. The fourth-order valence-electron chi connectivity index (χ4n) is 8.01. The lowest BCUT2D eigenvalue weighted by atomic mass is 9.80. The number of hydrogen-bond acceptors (Lipinski definition) is 11. The average Bonchev–Trinajstić information content (AvgIpc) is 3.68. The van der Waals surface area contributed by atoms with Gasteiger partial charge in [0.15, 0.2) is 6.10 Å². The van der Waals surface area contributed by atoms with E-state index < -0.39 is 41.3 Å². The number of carboxylic acid groups (broad SMARTS) is 1. The molecule has 342 valence electrons. The summed E-state index contributed by atoms with van der Waals surface area (Å²) in [5, 5.41) is 21.5. The normalized spacial score (nSPS) is 17.1. The van der Waals surface area contributed by atoms with Crippen molar-refractivity contribution in [3.8, 4) is 0 Å². The summed E-state index contributed by atoms with van der Waals surface area (Å²) in [6, 6.07) is 7.23. The third-order valence-corrected chi connectivity index (χ3v) is 12.9. The molecule has 2 aromatic rings. The van der Waals surface area contributed by atoms with Crippen molar-refractivity contribution < 1.29 is 33.8 Å². The Kier molecular flexibility index (Phi) is 21.1. The van der Waals surface area contributed by atoms with Gasteiger partial charge in [-0.1, -0.05) is 72.4 Å². The zero-order chi connectivity index (χ0) is 45.3. The van der Waals surface area contributed by atoms with Crippen LogP contribution >= 0.6 is 11.3 Å². The molecule has 6 N–H and O–H groups in total. The van der Waals surface area contributed by atoms with Crippen molar-refractivity contribution in [3.63, 3.8) is 0 Å². The lowest BCUT2D eigenvalue weighted by molar-refractivity contribution is -0.151. The van der Waals surface area contributed by atoms with Crippen molar-refractivity contribution in [3.05, 3.63) is 40.2 Å². The molecule has 0 radical (unpaired) electrons. The minimum atomic E-state index is -1.18. The van der Waals surface area contributed by atoms with Crippen LogP contribution in [0.3, 0.4) is 0 Å². The Morgan fingerprint density at radius 3 is 2.34 bits per heavy atom. The number of nitrogens with one attached hydrogen (secondary N) is 3. The molecule has 6 atom stereocenters. The van der Waals surface area contributed by atoms with Gasteiger partial charge in [-0.3, -0.25) is 28.9 Å². The fraction of sp³-hybridized carbons (Fsp3) is 0.696. The maximum absolute atomic E-state index is 14.9. The smallest absolute Gasteiger partial charge is 0.309 e. The molecule has 1 aliphatic rings. The van der Waals surface area contributed by atoms with E-state index >= 15 is 0 Å². The number of carbonyl (C=O) groups excluding carboxylic acids is 4. The lowest BCUT2D eigenvalue weighted by Crippen LogP contribution is -2.56. The molecule has 0 aliphatic carbocycles. The standard InChI is InChI=1S/C46H75N7O7S/c1-10-12-13-15-25-53(44(57)40(31(5)11-2)42(56)51-39-17-14-16-24-52(39)9)36(30(3)4)27-37(60-32(6)54)43-50-38(29-61-43)49-41(55)34(28-46(7,8)45(58)59)26-33-18-20-35(21-19-33)48-23-22-47/h18-21,29-31,34,36-37,39-40,48H,10-17,22-28,47H2,1-9H3,(H,49,55)(H,51,56)(H,58,59)/t31-,34-,36+,37+,39+,40-/m0/s1. The molecule has 0 bridgehead atoms. The summed E-state index contributed by atoms with van der Waals surface area (Å²) in [4.78, 5) is 76.6. The topological polar surface area (TPSA) is 196 Å². The van der Waals surface area contributed by atoms with E-state index in [1.54, 1.807) is 19.2 Å². The van der Waals surface area contributed by atoms with E-state index in [4.69, 9.17) is 15.5 Å². The van der Waals surface area contributed by atoms with E-state index in [1.807, 2.05) is 63.9 Å². The zero-order valence-electron chi connectivity index (χ0n) is 38.3. The molecule has 2 heterocycles. The van der Waals surface area contributed by atoms with Gasteiger partial charge in [-0.25, -0.2) is 4.98 Å². The second-order valence-electron chi connectivity index (χ2n) is 17.9. The summed E-state index contributed by atoms with van der Waals surface area (Å²) in [5.41, 5.74) is 6.21. The number of benzene rings is 1. The van der Waals surface area contributed by atoms with Crippen LogP contribution in [0, 0.1) is 29.1 Å². The van der Waals surface area contributed by atoms with Gasteiger partial charge in [-0.15, -0.1) is 11.3 Å². The van der Waals surface area contributed by atoms with Gasteiger partial charge in [0.2, 0.25) is 17.7 Å². The van der Waals surface area contributed by atoms with E-state index in [9.17, 15) is 29.1 Å². The zero-order valence-corrected chi connectivity index (χ0v) is 39.1. The van der Waals surface area contributed by atoms with E-state index in [2.05, 4.69) is 27.8 Å². The number of carbonyl (C=O) groups is 5. The number of ether oxygens (including phenoxy) is 1. The number of aliphatic carboxylic acids is 1. The van der Waals surface area contributed by atoms with Gasteiger partial charge >= 0.3 is 11.9 Å². The second kappa shape index (κ2) is 25.1. The number of amides is 3. The van der Waals surface area contributed by atoms with E-state index in [-0.39, 0.29) is 54.4 Å². The van der Waals surface area contributed by atoms with Crippen molar-refractivity contribution in [1.29, 1.82) is 0 Å². The molecule has 0 spiro atoms. The van der Waals surface area contributed by atoms with Gasteiger partial charge in [0.05, 0.1) is 11.6 Å². The van der Waals surface area contributed by atoms with Crippen LogP contribution in [-0.2, 0) is 35.1 Å². The monoisotopic (exact) mass is 870 g/mol. The Bertz CT molecular complexity index is 1700. The molecule has 14 nitrogen and oxygen atoms in total. The van der Waals surface area contributed by atoms with Crippen molar-refractivity contribution in [2.24, 2.45) is 34.8 Å². The number of likely N-dealkylation sites (tertiary alicyclic amines) is 1. The van der Waals surface area contributed by atoms with Crippen molar-refractivity contribution >= 4 is 52.5 Å². The average molecular weight is 870 g/mol. The first-order valence-electron chi connectivity index (χ1n) is 22.4. The van der Waals surface area contributed by atoms with Crippen molar-refractivity contribution in [2.75, 3.05) is 43.9 Å². The van der Waals surface area contributed by atoms with Gasteiger partial charge in [0.1, 0.15) is 16.7 Å². The maximum Gasteiger partial charge on any atom is 0.309 e. The van der Waals surface area contributed by atoms with E-state index in [1.165, 1.54) is 18.3 Å². The minimum Gasteiger partial charge on any atom is -0.481 e. The number of anilines is 2. The Morgan fingerprint density at radius 1 is 1.05 bits per heavy atom. The first-order valence-corrected chi connectivity index (χ1v) is 23.3. The van der Waals surface area contributed by atoms with Crippen LogP contribution in [0.25, 0.3) is 0 Å². The van der Waals surface area contributed by atoms with Crippen LogP contribution in [0.15, 0.2) is 29.6 Å². The van der Waals surface area contributed by atoms with Gasteiger partial charge in [-0.2, -0.15) is 0 Å². The van der Waals surface area contributed by atoms with E-state index in [0.29, 0.717) is 37.5 Å². The highest BCUT2D eigenvalue weighted by Gasteiger charge is 2.41. The van der Waals surface area contributed by atoms with Gasteiger partial charge in [0.25, 0.3) is 0 Å². The maximum atomic E-state index is 14.9. The summed E-state index contributed by atoms with van der Waals surface area (Å²) < 4.78 is 5.95. The molecular weight excluding hydrogens is 795 g/mol. The molecule has 0 saturated carbocycles. The number of hydrogen-bond donors (Lipinski definition) is 5. The number of unbranched alkanes of at least 4 members (excludes halogenated alkanes) is 3. The fourth-order valence-corrected chi connectivity index (χ4v) is 8.80. The number of carboxylic acids is 1.